The highest BCUT2D eigenvalue weighted by molar-refractivity contribution is 7.99. The molecule has 2 heterocycles. The van der Waals surface area contributed by atoms with Gasteiger partial charge in [-0.05, 0) is 55.1 Å². The predicted octanol–water partition coefficient (Wildman–Crippen LogP) is 5.34. The summed E-state index contributed by atoms with van der Waals surface area (Å²) in [6, 6.07) is 17.3. The van der Waals surface area contributed by atoms with E-state index in [9.17, 15) is 0 Å². The number of hydrogen-bond acceptors (Lipinski definition) is 5. The van der Waals surface area contributed by atoms with Crippen LogP contribution in [0.5, 0.6) is 0 Å². The van der Waals surface area contributed by atoms with Gasteiger partial charge in [-0.1, -0.05) is 60.3 Å². The molecular formula is C26H32N4OS. The van der Waals surface area contributed by atoms with Crippen LogP contribution in [0.3, 0.4) is 0 Å². The predicted molar refractivity (Wildman–Crippen MR) is 132 cm³/mol. The molecule has 5 nitrogen and oxygen atoms in total. The normalized spacial score (nSPS) is 16.0. The van der Waals surface area contributed by atoms with Gasteiger partial charge in [0.25, 0.3) is 0 Å². The molecule has 168 valence electrons. The van der Waals surface area contributed by atoms with Crippen molar-refractivity contribution in [1.29, 1.82) is 0 Å². The quantitative estimate of drug-likeness (QED) is 0.309. The smallest absolute Gasteiger partial charge is 0.191 e. The molecule has 0 radical (unpaired) electrons. The van der Waals surface area contributed by atoms with Gasteiger partial charge in [-0.25, -0.2) is 0 Å². The first-order valence-corrected chi connectivity index (χ1v) is 12.2. The van der Waals surface area contributed by atoms with Gasteiger partial charge in [-0.15, -0.1) is 16.8 Å². The molecule has 0 spiro atoms. The summed E-state index contributed by atoms with van der Waals surface area (Å²) in [7, 11) is 2.13. The fourth-order valence-electron chi connectivity index (χ4n) is 4.14. The molecule has 3 aromatic rings. The van der Waals surface area contributed by atoms with Crippen molar-refractivity contribution in [2.75, 3.05) is 19.4 Å². The van der Waals surface area contributed by atoms with Crippen LogP contribution in [0.2, 0.25) is 0 Å². The number of thioether (sulfide) groups is 1. The number of benzene rings is 2. The Morgan fingerprint density at radius 2 is 2.06 bits per heavy atom. The van der Waals surface area contributed by atoms with Gasteiger partial charge in [0, 0.05) is 25.4 Å². The van der Waals surface area contributed by atoms with Gasteiger partial charge in [0.1, 0.15) is 5.82 Å². The molecule has 1 fully saturated rings. The zero-order valence-electron chi connectivity index (χ0n) is 19.0. The van der Waals surface area contributed by atoms with Crippen molar-refractivity contribution in [2.45, 2.75) is 50.7 Å². The number of aryl methyl sites for hydroxylation is 1. The second kappa shape index (κ2) is 10.9. The number of hydrogen-bond donors (Lipinski definition) is 0. The molecule has 0 saturated carbocycles. The molecule has 0 bridgehead atoms. The van der Waals surface area contributed by atoms with Crippen molar-refractivity contribution in [1.82, 2.24) is 19.7 Å². The van der Waals surface area contributed by atoms with Crippen molar-refractivity contribution in [3.8, 4) is 11.1 Å². The van der Waals surface area contributed by atoms with Crippen LogP contribution in [0.15, 0.2) is 66.3 Å². The average molecular weight is 449 g/mol. The maximum atomic E-state index is 5.75. The molecule has 1 aliphatic rings. The second-order valence-corrected chi connectivity index (χ2v) is 9.42. The summed E-state index contributed by atoms with van der Waals surface area (Å²) < 4.78 is 7.93. The number of nitrogens with zero attached hydrogens (tertiary/aromatic N) is 4. The van der Waals surface area contributed by atoms with E-state index in [2.05, 4.69) is 88.7 Å². The van der Waals surface area contributed by atoms with E-state index in [1.165, 1.54) is 22.3 Å². The maximum Gasteiger partial charge on any atom is 0.191 e. The van der Waals surface area contributed by atoms with Gasteiger partial charge in [0.15, 0.2) is 5.16 Å². The van der Waals surface area contributed by atoms with Gasteiger partial charge >= 0.3 is 0 Å². The van der Waals surface area contributed by atoms with Crippen LogP contribution in [0.4, 0.5) is 0 Å². The Morgan fingerprint density at radius 1 is 1.19 bits per heavy atom. The fraction of sp³-hybridized carbons (Fsp3) is 0.385. The largest absolute Gasteiger partial charge is 0.377 e. The first kappa shape index (κ1) is 22.8. The van der Waals surface area contributed by atoms with Crippen LogP contribution in [0, 0.1) is 6.92 Å². The number of ether oxygens (including phenoxy) is 1. The Hall–Kier alpha value is -2.41. The van der Waals surface area contributed by atoms with E-state index in [1.54, 1.807) is 11.8 Å². The van der Waals surface area contributed by atoms with E-state index in [1.807, 2.05) is 6.08 Å². The van der Waals surface area contributed by atoms with Crippen molar-refractivity contribution >= 4 is 11.8 Å². The molecule has 6 heteroatoms. The highest BCUT2D eigenvalue weighted by atomic mass is 32.2. The van der Waals surface area contributed by atoms with Crippen LogP contribution in [-0.2, 0) is 24.4 Å². The molecule has 1 saturated heterocycles. The minimum absolute atomic E-state index is 0.334. The summed E-state index contributed by atoms with van der Waals surface area (Å²) in [6.07, 6.45) is 4.54. The molecule has 1 aromatic heterocycles. The molecule has 0 N–H and O–H groups in total. The summed E-state index contributed by atoms with van der Waals surface area (Å²) >= 11 is 1.74. The SMILES string of the molecule is C=CCn1c(CN(C)Cc2cccc(-c3ccccc3C)c2)nnc1SCC1CCCO1. The number of aromatic nitrogens is 3. The summed E-state index contributed by atoms with van der Waals surface area (Å²) in [5.41, 5.74) is 5.13. The third-order valence-electron chi connectivity index (χ3n) is 5.77. The van der Waals surface area contributed by atoms with E-state index in [0.29, 0.717) is 12.6 Å². The number of allylic oxidation sites excluding steroid dienone is 1. The standard InChI is InChI=1S/C26H32N4OS/c1-4-14-30-25(27-28-26(30)32-19-23-12-8-15-31-23)18-29(3)17-21-10-7-11-22(16-21)24-13-6-5-9-20(24)2/h4-7,9-11,13,16,23H,1,8,12,14-15,17-19H2,2-3H3. The highest BCUT2D eigenvalue weighted by Crippen LogP contribution is 2.25. The minimum Gasteiger partial charge on any atom is -0.377 e. The van der Waals surface area contributed by atoms with Crippen LogP contribution < -0.4 is 0 Å². The summed E-state index contributed by atoms with van der Waals surface area (Å²) in [6.45, 7) is 9.26. The average Bonchev–Trinajstić information content (AvgIpc) is 3.44. The Kier molecular flexibility index (Phi) is 7.79. The van der Waals surface area contributed by atoms with Crippen LogP contribution in [0.25, 0.3) is 11.1 Å². The highest BCUT2D eigenvalue weighted by Gasteiger charge is 2.19. The van der Waals surface area contributed by atoms with Crippen molar-refractivity contribution in [3.05, 3.63) is 78.1 Å². The van der Waals surface area contributed by atoms with Crippen molar-refractivity contribution in [2.24, 2.45) is 0 Å². The summed E-state index contributed by atoms with van der Waals surface area (Å²) in [5, 5.41) is 9.91. The van der Waals surface area contributed by atoms with Crippen LogP contribution >= 0.6 is 11.8 Å². The second-order valence-electron chi connectivity index (χ2n) is 8.43. The van der Waals surface area contributed by atoms with Gasteiger partial charge in [-0.2, -0.15) is 0 Å². The maximum absolute atomic E-state index is 5.75. The van der Waals surface area contributed by atoms with E-state index >= 15 is 0 Å². The fourth-order valence-corrected chi connectivity index (χ4v) is 5.17. The van der Waals surface area contributed by atoms with E-state index in [4.69, 9.17) is 4.74 Å². The minimum atomic E-state index is 0.334. The van der Waals surface area contributed by atoms with E-state index in [0.717, 1.165) is 49.3 Å². The first-order valence-electron chi connectivity index (χ1n) is 11.2. The zero-order chi connectivity index (χ0) is 22.3. The first-order chi connectivity index (χ1) is 15.6. The number of rotatable bonds is 10. The molecule has 2 aromatic carbocycles. The third-order valence-corrected chi connectivity index (χ3v) is 6.87. The molecular weight excluding hydrogens is 416 g/mol. The van der Waals surface area contributed by atoms with Crippen molar-refractivity contribution < 1.29 is 4.74 Å². The lowest BCUT2D eigenvalue weighted by molar-refractivity contribution is 0.129. The monoisotopic (exact) mass is 448 g/mol. The third kappa shape index (κ3) is 5.68. The Balaban J connectivity index is 1.42. The van der Waals surface area contributed by atoms with Gasteiger partial charge in [-0.3, -0.25) is 4.90 Å². The van der Waals surface area contributed by atoms with Gasteiger partial charge < -0.3 is 9.30 Å². The summed E-state index contributed by atoms with van der Waals surface area (Å²) in [4.78, 5) is 2.29. The molecule has 0 amide bonds. The molecule has 32 heavy (non-hydrogen) atoms. The Morgan fingerprint density at radius 3 is 2.84 bits per heavy atom. The zero-order valence-corrected chi connectivity index (χ0v) is 19.9. The van der Waals surface area contributed by atoms with Gasteiger partial charge in [0.2, 0.25) is 0 Å². The van der Waals surface area contributed by atoms with Crippen molar-refractivity contribution in [3.63, 3.8) is 0 Å². The topological polar surface area (TPSA) is 43.2 Å². The molecule has 1 aliphatic heterocycles. The van der Waals surface area contributed by atoms with E-state index < -0.39 is 0 Å². The van der Waals surface area contributed by atoms with Gasteiger partial charge in [0.05, 0.1) is 12.6 Å². The van der Waals surface area contributed by atoms with Crippen LogP contribution in [-0.4, -0.2) is 45.2 Å². The Bertz CT molecular complexity index is 1040. The lowest BCUT2D eigenvalue weighted by Gasteiger charge is -2.18. The lowest BCUT2D eigenvalue weighted by atomic mass is 9.99. The van der Waals surface area contributed by atoms with Crippen LogP contribution in [0.1, 0.15) is 29.8 Å². The molecule has 1 atom stereocenters. The molecule has 0 aliphatic carbocycles. The lowest BCUT2D eigenvalue weighted by Crippen LogP contribution is -2.20. The Labute approximate surface area is 195 Å². The molecule has 1 unspecified atom stereocenters. The summed E-state index contributed by atoms with van der Waals surface area (Å²) in [5.74, 6) is 1.90. The molecule has 4 rings (SSSR count). The van der Waals surface area contributed by atoms with E-state index in [-0.39, 0.29) is 0 Å².